The third kappa shape index (κ3) is 6.71. The number of hydrogen-bond acceptors (Lipinski definition) is 4. The molecule has 0 aliphatic carbocycles. The number of nitrogens with one attached hydrogen (secondary N) is 1. The van der Waals surface area contributed by atoms with Gasteiger partial charge in [-0.3, -0.25) is 14.4 Å². The van der Waals surface area contributed by atoms with Crippen molar-refractivity contribution < 1.29 is 24.2 Å². The molecule has 1 amide bonds. The van der Waals surface area contributed by atoms with Crippen LogP contribution < -0.4 is 5.32 Å². The Balaban J connectivity index is 1.94. The van der Waals surface area contributed by atoms with Gasteiger partial charge in [-0.15, -0.1) is 0 Å². The van der Waals surface area contributed by atoms with Gasteiger partial charge in [0.05, 0.1) is 11.5 Å². The number of carboxylic acids is 1. The van der Waals surface area contributed by atoms with Gasteiger partial charge in [0.15, 0.2) is 5.78 Å². The Morgan fingerprint density at radius 2 is 1.59 bits per heavy atom. The van der Waals surface area contributed by atoms with Crippen molar-refractivity contribution in [1.82, 2.24) is 5.32 Å². The monoisotopic (exact) mass is 501 g/mol. The molecule has 3 rings (SSSR count). The lowest BCUT2D eigenvalue weighted by atomic mass is 9.73. The molecule has 194 valence electrons. The summed E-state index contributed by atoms with van der Waals surface area (Å²) in [5.41, 5.74) is 1.47. The number of aliphatic carboxylic acids is 1. The van der Waals surface area contributed by atoms with Crippen molar-refractivity contribution in [2.24, 2.45) is 0 Å². The molecule has 6 heteroatoms. The molecule has 0 fully saturated rings. The molecule has 6 nitrogen and oxygen atoms in total. The van der Waals surface area contributed by atoms with Crippen LogP contribution in [0.15, 0.2) is 78.9 Å². The van der Waals surface area contributed by atoms with Gasteiger partial charge in [0.1, 0.15) is 0 Å². The van der Waals surface area contributed by atoms with Crippen molar-refractivity contribution in [2.75, 3.05) is 13.2 Å². The first-order chi connectivity index (χ1) is 17.8. The highest BCUT2D eigenvalue weighted by atomic mass is 16.5. The SMILES string of the molecule is CCOC(C)CCNC(=O)c1cc(C(=O)CC(CC)(C(=O)O)c2ccccc2)ccc1-c1ccccc1. The summed E-state index contributed by atoms with van der Waals surface area (Å²) >= 11 is 0. The lowest BCUT2D eigenvalue weighted by molar-refractivity contribution is -0.144. The highest BCUT2D eigenvalue weighted by molar-refractivity contribution is 6.06. The average Bonchev–Trinajstić information content (AvgIpc) is 2.92. The van der Waals surface area contributed by atoms with Crippen LogP contribution in [0.3, 0.4) is 0 Å². The molecule has 3 aromatic carbocycles. The van der Waals surface area contributed by atoms with Gasteiger partial charge in [0, 0.05) is 30.7 Å². The number of carboxylic acid groups (broad SMARTS) is 1. The second kappa shape index (κ2) is 13.0. The summed E-state index contributed by atoms with van der Waals surface area (Å²) in [5, 5.41) is 13.1. The molecule has 0 heterocycles. The number of Topliss-reactive ketones (excluding diaryl/α,β-unsaturated/α-hetero) is 1. The van der Waals surface area contributed by atoms with E-state index in [9.17, 15) is 19.5 Å². The van der Waals surface area contributed by atoms with E-state index in [-0.39, 0.29) is 30.6 Å². The molecular weight excluding hydrogens is 466 g/mol. The van der Waals surface area contributed by atoms with E-state index in [0.29, 0.717) is 41.8 Å². The third-order valence-corrected chi connectivity index (χ3v) is 6.76. The van der Waals surface area contributed by atoms with E-state index in [1.165, 1.54) is 0 Å². The van der Waals surface area contributed by atoms with Crippen LogP contribution in [0.2, 0.25) is 0 Å². The number of hydrogen-bond donors (Lipinski definition) is 2. The predicted octanol–water partition coefficient (Wildman–Crippen LogP) is 5.90. The highest BCUT2D eigenvalue weighted by Crippen LogP contribution is 2.34. The number of carbonyl (C=O) groups excluding carboxylic acids is 2. The van der Waals surface area contributed by atoms with Crippen LogP contribution in [-0.4, -0.2) is 42.0 Å². The molecule has 0 radical (unpaired) electrons. The number of ether oxygens (including phenoxy) is 1. The van der Waals surface area contributed by atoms with Gasteiger partial charge in [-0.1, -0.05) is 79.7 Å². The smallest absolute Gasteiger partial charge is 0.314 e. The van der Waals surface area contributed by atoms with E-state index in [2.05, 4.69) is 5.32 Å². The van der Waals surface area contributed by atoms with E-state index in [0.717, 1.165) is 5.56 Å². The predicted molar refractivity (Wildman–Crippen MR) is 145 cm³/mol. The summed E-state index contributed by atoms with van der Waals surface area (Å²) in [4.78, 5) is 39.2. The van der Waals surface area contributed by atoms with Gasteiger partial charge in [0.25, 0.3) is 5.91 Å². The van der Waals surface area contributed by atoms with Gasteiger partial charge < -0.3 is 15.2 Å². The van der Waals surface area contributed by atoms with Gasteiger partial charge in [-0.25, -0.2) is 0 Å². The van der Waals surface area contributed by atoms with Crippen LogP contribution in [-0.2, 0) is 14.9 Å². The van der Waals surface area contributed by atoms with E-state index in [1.54, 1.807) is 49.4 Å². The maximum absolute atomic E-state index is 13.5. The molecule has 0 aromatic heterocycles. The fraction of sp³-hybridized carbons (Fsp3) is 0.323. The number of amides is 1. The molecule has 2 N–H and O–H groups in total. The molecule has 2 unspecified atom stereocenters. The lowest BCUT2D eigenvalue weighted by Gasteiger charge is -2.28. The molecule has 37 heavy (non-hydrogen) atoms. The molecule has 0 aliphatic heterocycles. The largest absolute Gasteiger partial charge is 0.481 e. The van der Waals surface area contributed by atoms with Crippen LogP contribution in [0.1, 0.15) is 66.3 Å². The second-order valence-corrected chi connectivity index (χ2v) is 9.14. The molecule has 0 saturated carbocycles. The Hall–Kier alpha value is -3.77. The minimum absolute atomic E-state index is 0.0166. The van der Waals surface area contributed by atoms with E-state index in [1.807, 2.05) is 50.2 Å². The molecule has 0 saturated heterocycles. The van der Waals surface area contributed by atoms with Crippen LogP contribution in [0.4, 0.5) is 0 Å². The van der Waals surface area contributed by atoms with Crippen molar-refractivity contribution in [2.45, 2.75) is 51.6 Å². The number of rotatable bonds is 13. The van der Waals surface area contributed by atoms with E-state index < -0.39 is 11.4 Å². The van der Waals surface area contributed by atoms with Crippen LogP contribution in [0.25, 0.3) is 11.1 Å². The van der Waals surface area contributed by atoms with E-state index in [4.69, 9.17) is 4.74 Å². The highest BCUT2D eigenvalue weighted by Gasteiger charge is 2.41. The van der Waals surface area contributed by atoms with E-state index >= 15 is 0 Å². The Morgan fingerprint density at radius 3 is 2.19 bits per heavy atom. The first kappa shape index (κ1) is 27.8. The van der Waals surface area contributed by atoms with Crippen molar-refractivity contribution in [3.63, 3.8) is 0 Å². The minimum Gasteiger partial charge on any atom is -0.481 e. The number of ketones is 1. The summed E-state index contributed by atoms with van der Waals surface area (Å²) in [6.45, 7) is 6.70. The molecule has 0 aliphatic rings. The molecule has 0 spiro atoms. The Morgan fingerprint density at radius 1 is 0.946 bits per heavy atom. The summed E-state index contributed by atoms with van der Waals surface area (Å²) in [6.07, 6.45) is 0.725. The van der Waals surface area contributed by atoms with Gasteiger partial charge >= 0.3 is 5.97 Å². The normalized spacial score (nSPS) is 13.4. The van der Waals surface area contributed by atoms with Crippen molar-refractivity contribution >= 4 is 17.7 Å². The number of benzene rings is 3. The molecule has 0 bridgehead atoms. The zero-order chi connectivity index (χ0) is 26.8. The zero-order valence-electron chi connectivity index (χ0n) is 21.7. The second-order valence-electron chi connectivity index (χ2n) is 9.14. The molecular formula is C31H35NO5. The third-order valence-electron chi connectivity index (χ3n) is 6.76. The van der Waals surface area contributed by atoms with Crippen LogP contribution in [0.5, 0.6) is 0 Å². The summed E-state index contributed by atoms with van der Waals surface area (Å²) in [5.74, 6) is -1.66. The standard InChI is InChI=1S/C31H35NO5/c1-4-31(30(35)36,25-14-10-7-11-15-25)21-28(33)24-16-17-26(23-12-8-6-9-13-23)27(20-24)29(34)32-19-18-22(3)37-5-2/h6-17,20,22H,4-5,18-19,21H2,1-3H3,(H,32,34)(H,35,36). The summed E-state index contributed by atoms with van der Waals surface area (Å²) in [6, 6.07) is 23.4. The molecule has 2 atom stereocenters. The van der Waals surface area contributed by atoms with Crippen LogP contribution >= 0.6 is 0 Å². The summed E-state index contributed by atoms with van der Waals surface area (Å²) < 4.78 is 5.54. The van der Waals surface area contributed by atoms with Crippen molar-refractivity contribution in [3.8, 4) is 11.1 Å². The fourth-order valence-electron chi connectivity index (χ4n) is 4.54. The molecule has 3 aromatic rings. The Bertz CT molecular complexity index is 1210. The van der Waals surface area contributed by atoms with Gasteiger partial charge in [0.2, 0.25) is 0 Å². The number of carbonyl (C=O) groups is 3. The summed E-state index contributed by atoms with van der Waals surface area (Å²) in [7, 11) is 0. The lowest BCUT2D eigenvalue weighted by Crippen LogP contribution is -2.37. The van der Waals surface area contributed by atoms with Crippen molar-refractivity contribution in [3.05, 3.63) is 95.6 Å². The van der Waals surface area contributed by atoms with Gasteiger partial charge in [-0.05, 0) is 49.4 Å². The zero-order valence-corrected chi connectivity index (χ0v) is 21.7. The minimum atomic E-state index is -1.35. The quantitative estimate of drug-likeness (QED) is 0.284. The maximum Gasteiger partial charge on any atom is 0.314 e. The Labute approximate surface area is 218 Å². The fourth-order valence-corrected chi connectivity index (χ4v) is 4.54. The maximum atomic E-state index is 13.5. The Kier molecular flexibility index (Phi) is 9.75. The van der Waals surface area contributed by atoms with Crippen molar-refractivity contribution in [1.29, 1.82) is 0 Å². The average molecular weight is 502 g/mol. The van der Waals surface area contributed by atoms with Crippen LogP contribution in [0, 0.1) is 0 Å². The topological polar surface area (TPSA) is 92.7 Å². The first-order valence-corrected chi connectivity index (χ1v) is 12.7. The first-order valence-electron chi connectivity index (χ1n) is 12.7. The van der Waals surface area contributed by atoms with Gasteiger partial charge in [-0.2, -0.15) is 0 Å².